The second kappa shape index (κ2) is 8.05. The number of nitrogens with zero attached hydrogens (tertiary/aromatic N) is 4. The van der Waals surface area contributed by atoms with Crippen molar-refractivity contribution in [1.82, 2.24) is 20.2 Å². The number of hydrogen-bond donors (Lipinski definition) is 1. The first-order chi connectivity index (χ1) is 14.2. The number of nitrogens with one attached hydrogen (secondary N) is 1. The van der Waals surface area contributed by atoms with E-state index < -0.39 is 0 Å². The zero-order chi connectivity index (χ0) is 19.7. The van der Waals surface area contributed by atoms with Crippen LogP contribution in [0.3, 0.4) is 0 Å². The smallest absolute Gasteiger partial charge is 0.226 e. The van der Waals surface area contributed by atoms with Crippen molar-refractivity contribution in [2.24, 2.45) is 23.2 Å². The van der Waals surface area contributed by atoms with Gasteiger partial charge in [0.1, 0.15) is 0 Å². The van der Waals surface area contributed by atoms with Crippen LogP contribution >= 0.6 is 0 Å². The number of carbonyl (C=O) groups excluding carboxylic acids is 1. The van der Waals surface area contributed by atoms with Gasteiger partial charge in [-0.05, 0) is 62.3 Å². The molecule has 0 spiro atoms. The van der Waals surface area contributed by atoms with E-state index in [2.05, 4.69) is 37.2 Å². The Morgan fingerprint density at radius 1 is 1.00 bits per heavy atom. The molecule has 5 aliphatic rings. The summed E-state index contributed by atoms with van der Waals surface area (Å²) >= 11 is 0. The summed E-state index contributed by atoms with van der Waals surface area (Å²) in [5.74, 6) is 3.63. The van der Waals surface area contributed by atoms with Crippen LogP contribution in [-0.4, -0.2) is 60.0 Å². The monoisotopic (exact) mass is 395 g/mol. The second-order valence-corrected chi connectivity index (χ2v) is 9.72. The van der Waals surface area contributed by atoms with E-state index in [0.717, 1.165) is 75.7 Å². The molecule has 0 unspecified atom stereocenters. The van der Waals surface area contributed by atoms with E-state index in [1.165, 1.54) is 19.3 Å². The van der Waals surface area contributed by atoms with E-state index in [0.29, 0.717) is 12.5 Å². The normalized spacial score (nSPS) is 34.1. The van der Waals surface area contributed by atoms with Gasteiger partial charge in [0, 0.05) is 57.1 Å². The fourth-order valence-electron chi connectivity index (χ4n) is 6.62. The largest absolute Gasteiger partial charge is 0.352 e. The van der Waals surface area contributed by atoms with Crippen molar-refractivity contribution in [3.8, 4) is 0 Å². The van der Waals surface area contributed by atoms with Crippen molar-refractivity contribution in [3.05, 3.63) is 30.6 Å². The highest BCUT2D eigenvalue weighted by molar-refractivity contribution is 5.83. The van der Waals surface area contributed by atoms with Crippen LogP contribution in [0.15, 0.2) is 30.6 Å². The molecule has 1 aliphatic heterocycles. The van der Waals surface area contributed by atoms with Gasteiger partial charge in [-0.3, -0.25) is 9.69 Å². The highest BCUT2D eigenvalue weighted by Crippen LogP contribution is 2.60. The molecule has 1 aromatic heterocycles. The number of anilines is 1. The van der Waals surface area contributed by atoms with Gasteiger partial charge in [0.25, 0.3) is 0 Å². The van der Waals surface area contributed by atoms with Crippen LogP contribution in [-0.2, 0) is 4.79 Å². The van der Waals surface area contributed by atoms with E-state index >= 15 is 0 Å². The molecule has 0 aromatic carbocycles. The van der Waals surface area contributed by atoms with Crippen LogP contribution in [0.25, 0.3) is 0 Å². The molecular weight excluding hydrogens is 362 g/mol. The Labute approximate surface area is 173 Å². The van der Waals surface area contributed by atoms with Crippen molar-refractivity contribution >= 4 is 11.9 Å². The Kier molecular flexibility index (Phi) is 5.29. The molecule has 0 atom stereocenters. The maximum Gasteiger partial charge on any atom is 0.226 e. The number of aromatic nitrogens is 2. The molecule has 1 N–H and O–H groups in total. The average Bonchev–Trinajstić information content (AvgIpc) is 2.73. The van der Waals surface area contributed by atoms with Gasteiger partial charge in [-0.25, -0.2) is 9.97 Å². The first-order valence-corrected chi connectivity index (χ1v) is 11.4. The molecule has 6 nitrogen and oxygen atoms in total. The molecule has 4 aliphatic carbocycles. The van der Waals surface area contributed by atoms with E-state index in [4.69, 9.17) is 0 Å². The number of piperazine rings is 1. The van der Waals surface area contributed by atoms with Crippen molar-refractivity contribution in [2.45, 2.75) is 38.5 Å². The lowest BCUT2D eigenvalue weighted by Gasteiger charge is -2.55. The van der Waals surface area contributed by atoms with Crippen molar-refractivity contribution < 1.29 is 4.79 Å². The van der Waals surface area contributed by atoms with Gasteiger partial charge >= 0.3 is 0 Å². The summed E-state index contributed by atoms with van der Waals surface area (Å²) in [6.45, 7) is 5.56. The molecule has 1 amide bonds. The highest BCUT2D eigenvalue weighted by atomic mass is 16.2. The molecule has 4 saturated carbocycles. The van der Waals surface area contributed by atoms with E-state index in [-0.39, 0.29) is 5.41 Å². The third kappa shape index (κ3) is 4.04. The third-order valence-electron chi connectivity index (χ3n) is 7.64. The zero-order valence-corrected chi connectivity index (χ0v) is 17.3. The lowest BCUT2D eigenvalue weighted by Crippen LogP contribution is -2.53. The summed E-state index contributed by atoms with van der Waals surface area (Å²) in [6, 6.07) is 1.85. The van der Waals surface area contributed by atoms with Crippen LogP contribution in [0.4, 0.5) is 5.95 Å². The van der Waals surface area contributed by atoms with Crippen LogP contribution < -0.4 is 10.2 Å². The Morgan fingerprint density at radius 3 is 2.24 bits per heavy atom. The Balaban J connectivity index is 1.04. The maximum atomic E-state index is 13.0. The first kappa shape index (κ1) is 19.0. The third-order valence-corrected chi connectivity index (χ3v) is 7.64. The van der Waals surface area contributed by atoms with Gasteiger partial charge in [0.05, 0.1) is 0 Å². The van der Waals surface area contributed by atoms with Crippen molar-refractivity contribution in [1.29, 1.82) is 0 Å². The number of hydrogen-bond acceptors (Lipinski definition) is 5. The lowest BCUT2D eigenvalue weighted by molar-refractivity contribution is -0.146. The summed E-state index contributed by atoms with van der Waals surface area (Å²) in [4.78, 5) is 26.3. The first-order valence-electron chi connectivity index (χ1n) is 11.4. The van der Waals surface area contributed by atoms with Gasteiger partial charge in [-0.1, -0.05) is 12.2 Å². The summed E-state index contributed by atoms with van der Waals surface area (Å²) < 4.78 is 0. The van der Waals surface area contributed by atoms with Crippen LogP contribution in [0.1, 0.15) is 38.5 Å². The molecule has 6 rings (SSSR count). The Morgan fingerprint density at radius 2 is 1.62 bits per heavy atom. The predicted octanol–water partition coefficient (Wildman–Crippen LogP) is 2.49. The van der Waals surface area contributed by atoms with E-state index in [1.54, 1.807) is 12.4 Å². The molecule has 4 bridgehead atoms. The second-order valence-electron chi connectivity index (χ2n) is 9.72. The zero-order valence-electron chi connectivity index (χ0n) is 17.3. The molecule has 1 aromatic rings. The fraction of sp³-hybridized carbons (Fsp3) is 0.696. The number of carbonyl (C=O) groups is 1. The van der Waals surface area contributed by atoms with Gasteiger partial charge in [0.15, 0.2) is 0 Å². The minimum Gasteiger partial charge on any atom is -0.352 e. The molecule has 156 valence electrons. The summed E-state index contributed by atoms with van der Waals surface area (Å²) in [5.41, 5.74) is -0.0293. The Hall–Kier alpha value is -1.95. The van der Waals surface area contributed by atoms with Crippen LogP contribution in [0.2, 0.25) is 0 Å². The average molecular weight is 396 g/mol. The highest BCUT2D eigenvalue weighted by Gasteiger charge is 2.54. The van der Waals surface area contributed by atoms with E-state index in [9.17, 15) is 4.79 Å². The van der Waals surface area contributed by atoms with Gasteiger partial charge in [-0.15, -0.1) is 0 Å². The van der Waals surface area contributed by atoms with Crippen LogP contribution in [0, 0.1) is 23.2 Å². The predicted molar refractivity (Wildman–Crippen MR) is 113 cm³/mol. The minimum atomic E-state index is -0.0293. The summed E-state index contributed by atoms with van der Waals surface area (Å²) in [6.07, 6.45) is 15.5. The van der Waals surface area contributed by atoms with Gasteiger partial charge < -0.3 is 10.2 Å². The Bertz CT molecular complexity index is 706. The quantitative estimate of drug-likeness (QED) is 0.750. The number of amides is 1. The summed E-state index contributed by atoms with van der Waals surface area (Å²) in [5, 5.41) is 3.24. The minimum absolute atomic E-state index is 0.0293. The number of rotatable bonds is 6. The topological polar surface area (TPSA) is 61.4 Å². The van der Waals surface area contributed by atoms with Gasteiger partial charge in [-0.2, -0.15) is 0 Å². The molecular formula is C23H33N5O. The van der Waals surface area contributed by atoms with E-state index in [1.807, 2.05) is 6.07 Å². The van der Waals surface area contributed by atoms with Crippen LogP contribution in [0.5, 0.6) is 0 Å². The van der Waals surface area contributed by atoms with Crippen molar-refractivity contribution in [2.75, 3.05) is 44.2 Å². The molecule has 1 saturated heterocycles. The fourth-order valence-corrected chi connectivity index (χ4v) is 6.62. The standard InChI is InChI=1S/C23H33N5O/c29-21(23-15-18-12-19(16-23)14-20(13-18)17-23)24-4-1-2-7-27-8-10-28(11-9-27)22-25-5-3-6-26-22/h1-3,5-6,18-20H,4,7-17H2,(H,24,29)/b2-1+. The van der Waals surface area contributed by atoms with Crippen molar-refractivity contribution in [3.63, 3.8) is 0 Å². The SMILES string of the molecule is O=C(NC/C=C/CN1CCN(c2ncccn2)CC1)C12CC3CC(CC(C3)C1)C2. The maximum absolute atomic E-state index is 13.0. The molecule has 5 fully saturated rings. The molecule has 29 heavy (non-hydrogen) atoms. The molecule has 0 radical (unpaired) electrons. The molecule has 6 heteroatoms. The summed E-state index contributed by atoms with van der Waals surface area (Å²) in [7, 11) is 0. The molecule has 2 heterocycles. The lowest BCUT2D eigenvalue weighted by atomic mass is 9.49. The van der Waals surface area contributed by atoms with Gasteiger partial charge in [0.2, 0.25) is 11.9 Å².